The Hall–Kier alpha value is -4.69. The van der Waals surface area contributed by atoms with Crippen molar-refractivity contribution in [1.29, 1.82) is 0 Å². The number of hydroxylamine groups is 2. The summed E-state index contributed by atoms with van der Waals surface area (Å²) in [5.74, 6) is -2.21. The smallest absolute Gasteiger partial charge is 0.418 e. The lowest BCUT2D eigenvalue weighted by atomic mass is 9.74. The maximum Gasteiger partial charge on any atom is 0.418 e. The topological polar surface area (TPSA) is 236 Å². The van der Waals surface area contributed by atoms with Crippen LogP contribution in [0.25, 0.3) is 11.1 Å². The van der Waals surface area contributed by atoms with E-state index in [-0.39, 0.29) is 10.8 Å². The molecule has 2 fully saturated rings. The summed E-state index contributed by atoms with van der Waals surface area (Å²) in [4.78, 5) is 47.3. The molecule has 4 heterocycles. The first-order valence-electron chi connectivity index (χ1n) is 15.0. The third kappa shape index (κ3) is 8.49. The molecule has 2 aromatic heterocycles. The van der Waals surface area contributed by atoms with Crippen LogP contribution in [-0.4, -0.2) is 89.4 Å². The average molecular weight is 719 g/mol. The number of Topliss-reactive ketones (excluding diaryl/α,β-unsaturated/α-hetero) is 1. The molecule has 6 N–H and O–H groups in total. The number of carboxylic acids is 1. The van der Waals surface area contributed by atoms with Crippen molar-refractivity contribution >= 4 is 56.1 Å². The number of pyridine rings is 1. The van der Waals surface area contributed by atoms with Crippen LogP contribution in [-0.2, 0) is 41.0 Å². The Morgan fingerprint density at radius 1 is 1.24 bits per heavy atom. The Labute approximate surface area is 285 Å². The Morgan fingerprint density at radius 3 is 2.53 bits per heavy atom. The number of aliphatic carboxylic acids is 1. The van der Waals surface area contributed by atoms with Crippen LogP contribution in [0.3, 0.4) is 0 Å². The number of carbonyl (C=O) groups is 3. The molecule has 2 saturated heterocycles. The molecule has 2 atom stereocenters. The molecule has 1 amide bonds. The number of hydrogen-bond donors (Lipinski definition) is 5. The van der Waals surface area contributed by atoms with Gasteiger partial charge in [0.15, 0.2) is 16.6 Å². The van der Waals surface area contributed by atoms with E-state index < -0.39 is 64.4 Å². The number of oxime groups is 1. The molecule has 0 bridgehead atoms. The van der Waals surface area contributed by atoms with Gasteiger partial charge in [-0.2, -0.15) is 13.5 Å². The normalized spacial score (nSPS) is 18.3. The number of amides is 1. The molecule has 19 heteroatoms. The predicted octanol–water partition coefficient (Wildman–Crippen LogP) is 1.03. The maximum absolute atomic E-state index is 13.4. The molecule has 0 aliphatic carbocycles. The summed E-state index contributed by atoms with van der Waals surface area (Å²) in [5, 5.41) is 22.3. The van der Waals surface area contributed by atoms with Gasteiger partial charge in [-0.05, 0) is 43.2 Å². The van der Waals surface area contributed by atoms with E-state index >= 15 is 0 Å². The fourth-order valence-electron chi connectivity index (χ4n) is 5.13. The number of hydrogen-bond acceptors (Lipinski definition) is 14. The fourth-order valence-corrected chi connectivity index (χ4v) is 6.13. The number of benzene rings is 1. The van der Waals surface area contributed by atoms with Crippen LogP contribution in [0.4, 0.5) is 10.9 Å². The summed E-state index contributed by atoms with van der Waals surface area (Å²) in [6.45, 7) is 5.25. The lowest BCUT2D eigenvalue weighted by Crippen LogP contribution is -2.68. The van der Waals surface area contributed by atoms with Crippen LogP contribution in [0, 0.1) is 11.8 Å². The molecule has 1 unspecified atom stereocenters. The van der Waals surface area contributed by atoms with E-state index in [2.05, 4.69) is 25.1 Å². The second-order valence-corrected chi connectivity index (χ2v) is 14.0. The van der Waals surface area contributed by atoms with Crippen LogP contribution in [0.15, 0.2) is 53.1 Å². The predicted molar refractivity (Wildman–Crippen MR) is 176 cm³/mol. The summed E-state index contributed by atoms with van der Waals surface area (Å²) >= 11 is 0.992. The van der Waals surface area contributed by atoms with Gasteiger partial charge in [-0.25, -0.2) is 14.3 Å². The molecule has 2 aliphatic rings. The monoisotopic (exact) mass is 718 g/mol. The first-order chi connectivity index (χ1) is 23.1. The summed E-state index contributed by atoms with van der Waals surface area (Å²) in [6.07, 6.45) is -0.174. The largest absolute Gasteiger partial charge is 0.489 e. The number of carbonyl (C=O) groups excluding carboxylic acids is 2. The first-order valence-corrected chi connectivity index (χ1v) is 17.3. The maximum atomic E-state index is 13.4. The fraction of sp³-hybridized carbons (Fsp3) is 0.400. The number of aryl methyl sites for hydroxylation is 1. The number of anilines is 2. The molecule has 2 aliphatic heterocycles. The van der Waals surface area contributed by atoms with E-state index in [0.717, 1.165) is 47.9 Å². The van der Waals surface area contributed by atoms with Crippen LogP contribution in [0.1, 0.15) is 26.0 Å². The molecule has 5 rings (SSSR count). The van der Waals surface area contributed by atoms with Gasteiger partial charge in [-0.1, -0.05) is 17.3 Å². The number of aromatic nitrogens is 2. The Morgan fingerprint density at radius 2 is 1.96 bits per heavy atom. The van der Waals surface area contributed by atoms with E-state index in [1.54, 1.807) is 12.1 Å². The van der Waals surface area contributed by atoms with Crippen molar-refractivity contribution < 1.29 is 50.9 Å². The Balaban J connectivity index is 1.24. The lowest BCUT2D eigenvalue weighted by Gasteiger charge is -2.50. The molecule has 0 radical (unpaired) electrons. The highest BCUT2D eigenvalue weighted by Crippen LogP contribution is 2.40. The van der Waals surface area contributed by atoms with Crippen molar-refractivity contribution in [2.45, 2.75) is 31.9 Å². The van der Waals surface area contributed by atoms with Crippen molar-refractivity contribution in [2.24, 2.45) is 24.0 Å². The number of nitrogens with one attached hydrogen (secondary N) is 2. The zero-order valence-corrected chi connectivity index (χ0v) is 28.4. The van der Waals surface area contributed by atoms with Gasteiger partial charge in [0.1, 0.15) is 18.1 Å². The molecule has 0 saturated carbocycles. The van der Waals surface area contributed by atoms with Crippen molar-refractivity contribution in [2.75, 3.05) is 37.3 Å². The van der Waals surface area contributed by atoms with Gasteiger partial charge < -0.3 is 25.7 Å². The number of nitrogen functional groups attached to an aromatic ring is 1. The van der Waals surface area contributed by atoms with Crippen LogP contribution < -0.4 is 25.7 Å². The highest BCUT2D eigenvalue weighted by Gasteiger charge is 2.57. The lowest BCUT2D eigenvalue weighted by molar-refractivity contribution is -0.657. The number of nitrogens with zero attached hydrogens (tertiary/aromatic N) is 4. The summed E-state index contributed by atoms with van der Waals surface area (Å²) in [7, 11) is -3.02. The zero-order valence-electron chi connectivity index (χ0n) is 26.7. The SMILES string of the molecule is C[n+]1ccc(-c2ccc(OCC(O/N=C(\C(=O)C[C@@H]3C(=O)N(OS(=O)(=O)O)C3(C)C)c3csc(N)n3)C(=O)O)cc2)cc1NCC1CNC1. The van der Waals surface area contributed by atoms with Crippen molar-refractivity contribution in [3.05, 3.63) is 53.7 Å². The van der Waals surface area contributed by atoms with Gasteiger partial charge >= 0.3 is 16.4 Å². The third-order valence-electron chi connectivity index (χ3n) is 8.18. The van der Waals surface area contributed by atoms with Crippen LogP contribution in [0.5, 0.6) is 5.75 Å². The van der Waals surface area contributed by atoms with Gasteiger partial charge in [0, 0.05) is 36.9 Å². The quantitative estimate of drug-likeness (QED) is 0.0458. The number of thiazole rings is 1. The van der Waals surface area contributed by atoms with Crippen molar-refractivity contribution in [3.8, 4) is 16.9 Å². The standard InChI is InChI=1S/C30H35N7O10S2/c1-30(2)21(27(39)37(30)47-49(42,43)44)11-23(38)26(22-16-48-29(31)34-22)35-46-24(28(40)41)15-45-20-6-4-18(5-7-20)19-8-9-36(3)25(10-19)33-14-17-12-32-13-17/h4-10,16-17,21,24,32H,11-15H2,1-3H3,(H4,31,34,40,41,42,43,44)/p+1/b35-26-/t21-,24?/m1/s1. The van der Waals surface area contributed by atoms with Gasteiger partial charge in [0.25, 0.3) is 17.8 Å². The van der Waals surface area contributed by atoms with E-state index in [1.807, 2.05) is 42.1 Å². The number of ketones is 1. The molecular weight excluding hydrogens is 683 g/mol. The number of nitrogens with two attached hydrogens (primary N) is 1. The number of β-lactam (4-membered cyclic amide) rings is 1. The van der Waals surface area contributed by atoms with Crippen molar-refractivity contribution in [3.63, 3.8) is 0 Å². The Bertz CT molecular complexity index is 1860. The zero-order chi connectivity index (χ0) is 35.5. The van der Waals surface area contributed by atoms with E-state index in [0.29, 0.717) is 16.7 Å². The molecule has 0 spiro atoms. The Kier molecular flexibility index (Phi) is 10.5. The highest BCUT2D eigenvalue weighted by atomic mass is 32.3. The molecular formula is C30H36N7O10S2+. The third-order valence-corrected chi connectivity index (χ3v) is 9.20. The molecule has 17 nitrogen and oxygen atoms in total. The minimum absolute atomic E-state index is 0.0170. The number of ether oxygens (including phenoxy) is 1. The molecule has 262 valence electrons. The minimum Gasteiger partial charge on any atom is -0.489 e. The molecule has 1 aromatic carbocycles. The number of rotatable bonds is 16. The molecule has 49 heavy (non-hydrogen) atoms. The van der Waals surface area contributed by atoms with Gasteiger partial charge in [-0.3, -0.25) is 19.5 Å². The van der Waals surface area contributed by atoms with Crippen molar-refractivity contribution in [1.82, 2.24) is 15.4 Å². The second-order valence-electron chi connectivity index (χ2n) is 12.1. The summed E-state index contributed by atoms with van der Waals surface area (Å²) in [5.41, 5.74) is 5.89. The van der Waals surface area contributed by atoms with Gasteiger partial charge in [0.05, 0.1) is 31.2 Å². The van der Waals surface area contributed by atoms with E-state index in [4.69, 9.17) is 19.9 Å². The van der Waals surface area contributed by atoms with Crippen LogP contribution >= 0.6 is 11.3 Å². The minimum atomic E-state index is -4.99. The van der Waals surface area contributed by atoms with E-state index in [9.17, 15) is 27.9 Å². The first kappa shape index (κ1) is 35.6. The molecule has 3 aromatic rings. The second kappa shape index (κ2) is 14.4. The highest BCUT2D eigenvalue weighted by molar-refractivity contribution is 7.80. The number of carboxylic acid groups (broad SMARTS) is 1. The summed E-state index contributed by atoms with van der Waals surface area (Å²) in [6, 6.07) is 11.1. The summed E-state index contributed by atoms with van der Waals surface area (Å²) < 4.78 is 43.3. The van der Waals surface area contributed by atoms with Crippen LogP contribution in [0.2, 0.25) is 0 Å². The average Bonchev–Trinajstić information content (AvgIpc) is 3.45. The van der Waals surface area contributed by atoms with Gasteiger partial charge in [-0.15, -0.1) is 15.6 Å². The van der Waals surface area contributed by atoms with E-state index in [1.165, 1.54) is 19.2 Å². The van der Waals surface area contributed by atoms with Gasteiger partial charge in [0.2, 0.25) is 0 Å².